The fourth-order valence-corrected chi connectivity index (χ4v) is 6.06. The van der Waals surface area contributed by atoms with Crippen LogP contribution in [0.2, 0.25) is 5.02 Å². The maximum atomic E-state index is 12.6. The Morgan fingerprint density at radius 3 is 2.55 bits per heavy atom. The Labute approximate surface area is 179 Å². The van der Waals surface area contributed by atoms with E-state index in [0.29, 0.717) is 22.7 Å². The van der Waals surface area contributed by atoms with Gasteiger partial charge in [-0.3, -0.25) is 9.59 Å². The van der Waals surface area contributed by atoms with Crippen LogP contribution in [0.3, 0.4) is 0 Å². The van der Waals surface area contributed by atoms with Gasteiger partial charge in [-0.25, -0.2) is 8.42 Å². The number of hydrogen-bond acceptors (Lipinski definition) is 6. The van der Waals surface area contributed by atoms with Crippen LogP contribution in [-0.4, -0.2) is 48.6 Å². The van der Waals surface area contributed by atoms with Crippen LogP contribution >= 0.6 is 23.4 Å². The van der Waals surface area contributed by atoms with Crippen molar-refractivity contribution in [2.75, 3.05) is 23.9 Å². The third-order valence-electron chi connectivity index (χ3n) is 4.89. The minimum atomic E-state index is -3.03. The molecule has 1 aromatic carbocycles. The zero-order chi connectivity index (χ0) is 21.2. The zero-order valence-electron chi connectivity index (χ0n) is 16.2. The summed E-state index contributed by atoms with van der Waals surface area (Å²) in [5.74, 6) is -0.424. The van der Waals surface area contributed by atoms with Crippen molar-refractivity contribution < 1.29 is 22.7 Å². The Morgan fingerprint density at radius 1 is 1.24 bits per heavy atom. The Bertz CT molecular complexity index is 1030. The molecule has 1 fully saturated rings. The number of benzene rings is 1. The molecule has 1 saturated heterocycles. The van der Waals surface area contributed by atoms with Crippen molar-refractivity contribution in [1.29, 1.82) is 0 Å². The maximum Gasteiger partial charge on any atom is 0.316 e. The van der Waals surface area contributed by atoms with Crippen LogP contribution in [-0.2, 0) is 19.4 Å². The number of aromatic nitrogens is 1. The van der Waals surface area contributed by atoms with E-state index in [0.717, 1.165) is 10.6 Å². The Balaban J connectivity index is 1.57. The van der Waals surface area contributed by atoms with Gasteiger partial charge in [-0.1, -0.05) is 11.6 Å². The van der Waals surface area contributed by atoms with Gasteiger partial charge in [0.15, 0.2) is 16.4 Å². The summed E-state index contributed by atoms with van der Waals surface area (Å²) in [6.45, 7) is 3.31. The summed E-state index contributed by atoms with van der Waals surface area (Å²) in [7, 11) is -3.03. The third kappa shape index (κ3) is 5.43. The van der Waals surface area contributed by atoms with Crippen molar-refractivity contribution in [2.24, 2.45) is 0 Å². The number of carbonyl (C=O) groups is 2. The summed E-state index contributed by atoms with van der Waals surface area (Å²) in [5, 5.41) is 0.621. The molecule has 1 aliphatic rings. The molecular formula is C20H22ClNO5S2. The molecule has 2 aromatic rings. The summed E-state index contributed by atoms with van der Waals surface area (Å²) >= 11 is 7.13. The first kappa shape index (κ1) is 21.9. The number of carbonyl (C=O) groups excluding carboxylic acids is 2. The fourth-order valence-electron chi connectivity index (χ4n) is 3.54. The first-order valence-electron chi connectivity index (χ1n) is 9.12. The third-order valence-corrected chi connectivity index (χ3v) is 7.88. The molecule has 3 rings (SSSR count). The highest BCUT2D eigenvalue weighted by molar-refractivity contribution is 8.00. The fraction of sp³-hybridized carbons (Fsp3) is 0.400. The molecule has 156 valence electrons. The number of rotatable bonds is 7. The summed E-state index contributed by atoms with van der Waals surface area (Å²) in [5.41, 5.74) is 2.00. The molecule has 0 radical (unpaired) electrons. The second-order valence-corrected chi connectivity index (χ2v) is 10.8. The molecule has 0 spiro atoms. The lowest BCUT2D eigenvalue weighted by atomic mass is 10.1. The molecule has 0 aliphatic carbocycles. The first-order valence-corrected chi connectivity index (χ1v) is 12.3. The number of nitrogens with zero attached hydrogens (tertiary/aromatic N) is 1. The van der Waals surface area contributed by atoms with E-state index in [-0.39, 0.29) is 35.7 Å². The number of ether oxygens (including phenoxy) is 1. The van der Waals surface area contributed by atoms with Crippen molar-refractivity contribution in [3.63, 3.8) is 0 Å². The van der Waals surface area contributed by atoms with Gasteiger partial charge in [0.1, 0.15) is 0 Å². The van der Waals surface area contributed by atoms with Crippen LogP contribution in [0.4, 0.5) is 0 Å². The second-order valence-electron chi connectivity index (χ2n) is 7.04. The standard InChI is InChI=1S/C20H22ClNO5S2/c1-13-9-18(14(2)22(13)16-7-8-29(25,26)12-16)19(23)10-27-20(24)11-28-17-5-3-15(21)4-6-17/h3-6,9,16H,7-8,10-12H2,1-2H3. The number of sulfone groups is 1. The molecule has 0 amide bonds. The van der Waals surface area contributed by atoms with Gasteiger partial charge in [-0.2, -0.15) is 0 Å². The molecule has 6 nitrogen and oxygen atoms in total. The highest BCUT2D eigenvalue weighted by Gasteiger charge is 2.31. The van der Waals surface area contributed by atoms with E-state index in [2.05, 4.69) is 0 Å². The van der Waals surface area contributed by atoms with E-state index in [4.69, 9.17) is 16.3 Å². The molecule has 1 atom stereocenters. The Morgan fingerprint density at radius 2 is 1.93 bits per heavy atom. The predicted octanol–water partition coefficient (Wildman–Crippen LogP) is 3.64. The van der Waals surface area contributed by atoms with Gasteiger partial charge in [-0.05, 0) is 50.6 Å². The predicted molar refractivity (Wildman–Crippen MR) is 114 cm³/mol. The molecule has 0 N–H and O–H groups in total. The molecule has 2 heterocycles. The van der Waals surface area contributed by atoms with Crippen LogP contribution in [0, 0.1) is 13.8 Å². The molecule has 29 heavy (non-hydrogen) atoms. The van der Waals surface area contributed by atoms with Crippen LogP contribution in [0.1, 0.15) is 34.2 Å². The Kier molecular flexibility index (Phi) is 6.76. The lowest BCUT2D eigenvalue weighted by Crippen LogP contribution is -2.17. The van der Waals surface area contributed by atoms with E-state index in [1.165, 1.54) is 11.8 Å². The average molecular weight is 456 g/mol. The number of Topliss-reactive ketones (excluding diaryl/α,β-unsaturated/α-hetero) is 1. The molecular weight excluding hydrogens is 434 g/mol. The van der Waals surface area contributed by atoms with E-state index >= 15 is 0 Å². The Hall–Kier alpha value is -1.77. The van der Waals surface area contributed by atoms with Gasteiger partial charge in [0.2, 0.25) is 5.78 Å². The first-order chi connectivity index (χ1) is 13.7. The second kappa shape index (κ2) is 8.93. The van der Waals surface area contributed by atoms with Gasteiger partial charge in [0.25, 0.3) is 0 Å². The van der Waals surface area contributed by atoms with Crippen LogP contribution in [0.15, 0.2) is 35.2 Å². The summed E-state index contributed by atoms with van der Waals surface area (Å²) < 4.78 is 30.6. The SMILES string of the molecule is Cc1cc(C(=O)COC(=O)CSc2ccc(Cl)cc2)c(C)n1C1CCS(=O)(=O)C1. The highest BCUT2D eigenvalue weighted by Crippen LogP contribution is 2.29. The lowest BCUT2D eigenvalue weighted by molar-refractivity contribution is -0.139. The molecule has 1 aromatic heterocycles. The summed E-state index contributed by atoms with van der Waals surface area (Å²) in [6.07, 6.45) is 0.545. The minimum Gasteiger partial charge on any atom is -0.457 e. The van der Waals surface area contributed by atoms with Gasteiger partial charge in [-0.15, -0.1) is 11.8 Å². The van der Waals surface area contributed by atoms with Crippen LogP contribution < -0.4 is 0 Å². The van der Waals surface area contributed by atoms with E-state index < -0.39 is 15.8 Å². The quantitative estimate of drug-likeness (QED) is 0.360. The number of aryl methyl sites for hydroxylation is 1. The minimum absolute atomic E-state index is 0.0911. The summed E-state index contributed by atoms with van der Waals surface area (Å²) in [6, 6.07) is 8.68. The van der Waals surface area contributed by atoms with Gasteiger partial charge in [0.05, 0.1) is 17.3 Å². The number of halogens is 1. The monoisotopic (exact) mass is 455 g/mol. The normalized spacial score (nSPS) is 18.0. The molecule has 0 saturated carbocycles. The molecule has 1 aliphatic heterocycles. The van der Waals surface area contributed by atoms with Crippen molar-refractivity contribution in [2.45, 2.75) is 31.2 Å². The van der Waals surface area contributed by atoms with Gasteiger partial charge < -0.3 is 9.30 Å². The van der Waals surface area contributed by atoms with Crippen molar-refractivity contribution in [3.8, 4) is 0 Å². The van der Waals surface area contributed by atoms with Crippen LogP contribution in [0.5, 0.6) is 0 Å². The molecule has 0 bridgehead atoms. The van der Waals surface area contributed by atoms with Crippen LogP contribution in [0.25, 0.3) is 0 Å². The van der Waals surface area contributed by atoms with Crippen molar-refractivity contribution >= 4 is 45.0 Å². The van der Waals surface area contributed by atoms with Gasteiger partial charge >= 0.3 is 5.97 Å². The highest BCUT2D eigenvalue weighted by atomic mass is 35.5. The molecule has 9 heteroatoms. The van der Waals surface area contributed by atoms with Crippen molar-refractivity contribution in [3.05, 3.63) is 52.3 Å². The topological polar surface area (TPSA) is 82.4 Å². The van der Waals surface area contributed by atoms with Gasteiger partial charge in [0, 0.05) is 32.9 Å². The smallest absolute Gasteiger partial charge is 0.316 e. The average Bonchev–Trinajstić information content (AvgIpc) is 3.17. The molecule has 1 unspecified atom stereocenters. The van der Waals surface area contributed by atoms with E-state index in [1.54, 1.807) is 25.1 Å². The number of esters is 1. The number of thioether (sulfide) groups is 1. The number of ketones is 1. The summed E-state index contributed by atoms with van der Waals surface area (Å²) in [4.78, 5) is 25.4. The lowest BCUT2D eigenvalue weighted by Gasteiger charge is -2.16. The number of hydrogen-bond donors (Lipinski definition) is 0. The largest absolute Gasteiger partial charge is 0.457 e. The van der Waals surface area contributed by atoms with Crippen molar-refractivity contribution in [1.82, 2.24) is 4.57 Å². The van der Waals surface area contributed by atoms with E-state index in [1.807, 2.05) is 23.6 Å². The van der Waals surface area contributed by atoms with E-state index in [9.17, 15) is 18.0 Å². The zero-order valence-corrected chi connectivity index (χ0v) is 18.6. The maximum absolute atomic E-state index is 12.6.